The van der Waals surface area contributed by atoms with Crippen LogP contribution in [0.2, 0.25) is 4.34 Å². The Bertz CT molecular complexity index is 397. The lowest BCUT2D eigenvalue weighted by molar-refractivity contribution is 0.145. The minimum Gasteiger partial charge on any atom is -0.319 e. The second-order valence-electron chi connectivity index (χ2n) is 6.32. The number of thiophene rings is 1. The zero-order valence-corrected chi connectivity index (χ0v) is 14.3. The summed E-state index contributed by atoms with van der Waals surface area (Å²) in [6.45, 7) is 3.34. The van der Waals surface area contributed by atoms with Gasteiger partial charge in [0.15, 0.2) is 0 Å². The molecule has 1 aliphatic rings. The molecule has 1 aliphatic carbocycles. The molecule has 2 nitrogen and oxygen atoms in total. The summed E-state index contributed by atoms with van der Waals surface area (Å²) in [7, 11) is 4.33. The standard InChI is InChI=1S/C16H27ClN2S/c1-18-12-16(9-5-3-4-6-10-16)13-19(2)11-14-7-8-15(17)20-14/h7-8,18H,3-6,9-13H2,1-2H3. The van der Waals surface area contributed by atoms with Crippen LogP contribution in [-0.4, -0.2) is 32.1 Å². The van der Waals surface area contributed by atoms with Crippen molar-refractivity contribution in [3.63, 3.8) is 0 Å². The number of halogens is 1. The molecule has 1 saturated carbocycles. The normalized spacial score (nSPS) is 19.2. The van der Waals surface area contributed by atoms with E-state index in [1.807, 2.05) is 6.07 Å². The van der Waals surface area contributed by atoms with E-state index >= 15 is 0 Å². The van der Waals surface area contributed by atoms with Crippen LogP contribution < -0.4 is 5.32 Å². The highest BCUT2D eigenvalue weighted by Crippen LogP contribution is 2.35. The SMILES string of the molecule is CNCC1(CN(C)Cc2ccc(Cl)s2)CCCCCC1. The van der Waals surface area contributed by atoms with E-state index in [1.54, 1.807) is 11.3 Å². The third-order valence-corrected chi connectivity index (χ3v) is 5.59. The maximum absolute atomic E-state index is 6.02. The van der Waals surface area contributed by atoms with Gasteiger partial charge in [-0.25, -0.2) is 0 Å². The number of hydrogen-bond donors (Lipinski definition) is 1. The van der Waals surface area contributed by atoms with E-state index in [2.05, 4.69) is 30.4 Å². The third kappa shape index (κ3) is 4.73. The van der Waals surface area contributed by atoms with E-state index < -0.39 is 0 Å². The zero-order valence-electron chi connectivity index (χ0n) is 12.8. The predicted octanol–water partition coefficient (Wildman–Crippen LogP) is 4.39. The molecule has 0 amide bonds. The molecule has 20 heavy (non-hydrogen) atoms. The van der Waals surface area contributed by atoms with Gasteiger partial charge in [-0.2, -0.15) is 0 Å². The van der Waals surface area contributed by atoms with Crippen molar-refractivity contribution in [3.8, 4) is 0 Å². The van der Waals surface area contributed by atoms with E-state index in [9.17, 15) is 0 Å². The van der Waals surface area contributed by atoms with Gasteiger partial charge >= 0.3 is 0 Å². The van der Waals surface area contributed by atoms with Crippen LogP contribution in [0.5, 0.6) is 0 Å². The number of hydrogen-bond acceptors (Lipinski definition) is 3. The molecule has 1 fully saturated rings. The molecule has 0 spiro atoms. The highest BCUT2D eigenvalue weighted by molar-refractivity contribution is 7.16. The smallest absolute Gasteiger partial charge is 0.0931 e. The number of rotatable bonds is 6. The summed E-state index contributed by atoms with van der Waals surface area (Å²) in [6, 6.07) is 4.16. The minimum absolute atomic E-state index is 0.459. The fourth-order valence-electron chi connectivity index (χ4n) is 3.58. The van der Waals surface area contributed by atoms with Crippen LogP contribution in [0.4, 0.5) is 0 Å². The van der Waals surface area contributed by atoms with E-state index in [4.69, 9.17) is 11.6 Å². The predicted molar refractivity (Wildman–Crippen MR) is 89.7 cm³/mol. The monoisotopic (exact) mass is 314 g/mol. The molecular formula is C16H27ClN2S. The highest BCUT2D eigenvalue weighted by atomic mass is 35.5. The molecule has 0 atom stereocenters. The molecule has 0 saturated heterocycles. The van der Waals surface area contributed by atoms with Gasteiger partial charge in [0.05, 0.1) is 4.34 Å². The van der Waals surface area contributed by atoms with Crippen molar-refractivity contribution in [1.82, 2.24) is 10.2 Å². The van der Waals surface area contributed by atoms with Crippen molar-refractivity contribution >= 4 is 22.9 Å². The van der Waals surface area contributed by atoms with Gasteiger partial charge in [-0.05, 0) is 44.5 Å². The fourth-order valence-corrected chi connectivity index (χ4v) is 4.74. The maximum Gasteiger partial charge on any atom is 0.0931 e. The molecule has 0 bridgehead atoms. The molecule has 0 radical (unpaired) electrons. The van der Waals surface area contributed by atoms with E-state index in [0.29, 0.717) is 5.41 Å². The van der Waals surface area contributed by atoms with E-state index in [-0.39, 0.29) is 0 Å². The molecule has 1 heterocycles. The zero-order chi connectivity index (χ0) is 14.4. The first-order valence-electron chi connectivity index (χ1n) is 7.71. The lowest BCUT2D eigenvalue weighted by atomic mass is 9.79. The molecule has 0 aromatic carbocycles. The van der Waals surface area contributed by atoms with Crippen LogP contribution >= 0.6 is 22.9 Å². The lowest BCUT2D eigenvalue weighted by Gasteiger charge is -2.36. The largest absolute Gasteiger partial charge is 0.319 e. The maximum atomic E-state index is 6.02. The topological polar surface area (TPSA) is 15.3 Å². The Morgan fingerprint density at radius 3 is 2.50 bits per heavy atom. The second kappa shape index (κ2) is 7.79. The quantitative estimate of drug-likeness (QED) is 0.783. The van der Waals surface area contributed by atoms with Crippen molar-refractivity contribution in [2.75, 3.05) is 27.2 Å². The molecule has 2 rings (SSSR count). The summed E-state index contributed by atoms with van der Waals surface area (Å²) < 4.78 is 0.896. The summed E-state index contributed by atoms with van der Waals surface area (Å²) in [5.41, 5.74) is 0.459. The Hall–Kier alpha value is -0.0900. The van der Waals surface area contributed by atoms with Crippen LogP contribution in [0.1, 0.15) is 43.4 Å². The fraction of sp³-hybridized carbons (Fsp3) is 0.750. The second-order valence-corrected chi connectivity index (χ2v) is 8.12. The minimum atomic E-state index is 0.459. The van der Waals surface area contributed by atoms with Crippen molar-refractivity contribution in [1.29, 1.82) is 0 Å². The Kier molecular flexibility index (Phi) is 6.34. The van der Waals surface area contributed by atoms with E-state index in [1.165, 1.54) is 49.9 Å². The first kappa shape index (κ1) is 16.3. The van der Waals surface area contributed by atoms with Gasteiger partial charge in [-0.1, -0.05) is 37.3 Å². The van der Waals surface area contributed by atoms with Crippen LogP contribution in [-0.2, 0) is 6.54 Å². The first-order chi connectivity index (χ1) is 9.63. The van der Waals surface area contributed by atoms with Crippen molar-refractivity contribution in [2.24, 2.45) is 5.41 Å². The van der Waals surface area contributed by atoms with Gasteiger partial charge in [-0.3, -0.25) is 0 Å². The van der Waals surface area contributed by atoms with Crippen LogP contribution in [0.15, 0.2) is 12.1 Å². The van der Waals surface area contributed by atoms with Crippen LogP contribution in [0, 0.1) is 5.41 Å². The molecule has 4 heteroatoms. The van der Waals surface area contributed by atoms with Gasteiger partial charge in [0.1, 0.15) is 0 Å². The number of nitrogens with one attached hydrogen (secondary N) is 1. The molecule has 1 aromatic heterocycles. The summed E-state index contributed by atoms with van der Waals surface area (Å²) >= 11 is 7.73. The van der Waals surface area contributed by atoms with Gasteiger partial charge in [-0.15, -0.1) is 11.3 Å². The summed E-state index contributed by atoms with van der Waals surface area (Å²) in [5, 5.41) is 3.43. The molecule has 1 N–H and O–H groups in total. The van der Waals surface area contributed by atoms with Crippen molar-refractivity contribution in [3.05, 3.63) is 21.3 Å². The third-order valence-electron chi connectivity index (χ3n) is 4.38. The average Bonchev–Trinajstić information content (AvgIpc) is 2.66. The van der Waals surface area contributed by atoms with E-state index in [0.717, 1.165) is 17.4 Å². The molecule has 114 valence electrons. The van der Waals surface area contributed by atoms with Crippen LogP contribution in [0.3, 0.4) is 0 Å². The number of nitrogens with zero attached hydrogens (tertiary/aromatic N) is 1. The summed E-state index contributed by atoms with van der Waals surface area (Å²) in [6.07, 6.45) is 8.33. The Morgan fingerprint density at radius 1 is 1.25 bits per heavy atom. The molecule has 0 unspecified atom stereocenters. The highest BCUT2D eigenvalue weighted by Gasteiger charge is 2.31. The van der Waals surface area contributed by atoms with Crippen molar-refractivity contribution < 1.29 is 0 Å². The molecular weight excluding hydrogens is 288 g/mol. The van der Waals surface area contributed by atoms with Gasteiger partial charge < -0.3 is 10.2 Å². The van der Waals surface area contributed by atoms with Crippen LogP contribution in [0.25, 0.3) is 0 Å². The lowest BCUT2D eigenvalue weighted by Crippen LogP contribution is -2.41. The molecule has 1 aromatic rings. The summed E-state index contributed by atoms with van der Waals surface area (Å²) in [5.74, 6) is 0. The molecule has 0 aliphatic heterocycles. The summed E-state index contributed by atoms with van der Waals surface area (Å²) in [4.78, 5) is 3.84. The Labute approximate surface area is 132 Å². The van der Waals surface area contributed by atoms with Gasteiger partial charge in [0, 0.05) is 24.5 Å². The van der Waals surface area contributed by atoms with Crippen molar-refractivity contribution in [2.45, 2.75) is 45.1 Å². The Morgan fingerprint density at radius 2 is 1.95 bits per heavy atom. The first-order valence-corrected chi connectivity index (χ1v) is 8.90. The Balaban J connectivity index is 1.95. The average molecular weight is 315 g/mol. The van der Waals surface area contributed by atoms with Gasteiger partial charge in [0.25, 0.3) is 0 Å². The van der Waals surface area contributed by atoms with Gasteiger partial charge in [0.2, 0.25) is 0 Å².